The standard InChI is InChI=1S/C34H50N10O11S/c1-31(2,3)52-28(49)35-13-10-14-43(30(51)54-33(7,8)9)16-19-15-36-44(41-19)17-20-22(24(45)37-20)39-25(46)23(42-55-34(11-12-34)26(47)48)21-18-56-27(38-21)40-29(50)53-32(4,5)6/h15,18,20,22H,10-14,16-17H2,1-9H3,(H,35,49)(H,37,45)(H,39,46)(H,47,48)(H,38,40,50)/t20-,22+/m1/s1. The van der Waals surface area contributed by atoms with E-state index < -0.39 is 76.3 Å². The van der Waals surface area contributed by atoms with E-state index in [1.807, 2.05) is 0 Å². The van der Waals surface area contributed by atoms with Crippen LogP contribution in [0.2, 0.25) is 0 Å². The van der Waals surface area contributed by atoms with Gasteiger partial charge in [-0.1, -0.05) is 5.16 Å². The SMILES string of the molecule is CC(C)(C)OC(=O)NCCCN(Cc1cnn(C[C@H]2NC(=O)[C@H]2NC(=O)C(=NOC2(C(=O)O)CC2)c2csc(NC(=O)OC(C)(C)C)n2)n1)C(=O)OC(C)(C)C. The molecular formula is C34H50N10O11S. The molecule has 2 aliphatic rings. The van der Waals surface area contributed by atoms with Crippen LogP contribution >= 0.6 is 11.3 Å². The molecule has 4 rings (SSSR count). The number of ether oxygens (including phenoxy) is 3. The van der Waals surface area contributed by atoms with E-state index in [-0.39, 0.29) is 49.8 Å². The predicted molar refractivity (Wildman–Crippen MR) is 199 cm³/mol. The van der Waals surface area contributed by atoms with Crippen LogP contribution in [-0.2, 0) is 46.5 Å². The highest BCUT2D eigenvalue weighted by atomic mass is 32.1. The number of hydrogen-bond acceptors (Lipinski definition) is 15. The topological polar surface area (TPSA) is 267 Å². The van der Waals surface area contributed by atoms with E-state index in [9.17, 15) is 33.9 Å². The van der Waals surface area contributed by atoms with Gasteiger partial charge in [0.25, 0.3) is 5.91 Å². The number of thiazole rings is 1. The Balaban J connectivity index is 1.41. The van der Waals surface area contributed by atoms with E-state index in [4.69, 9.17) is 19.0 Å². The molecule has 56 heavy (non-hydrogen) atoms. The number of carboxylic acid groups (broad SMARTS) is 1. The highest BCUT2D eigenvalue weighted by molar-refractivity contribution is 7.14. The minimum Gasteiger partial charge on any atom is -0.478 e. The van der Waals surface area contributed by atoms with Crippen molar-refractivity contribution in [1.29, 1.82) is 0 Å². The molecule has 308 valence electrons. The lowest BCUT2D eigenvalue weighted by atomic mass is 9.98. The van der Waals surface area contributed by atoms with Crippen molar-refractivity contribution in [3.8, 4) is 0 Å². The average molecular weight is 807 g/mol. The number of hydrogen-bond donors (Lipinski definition) is 5. The Morgan fingerprint density at radius 1 is 1.02 bits per heavy atom. The van der Waals surface area contributed by atoms with E-state index in [1.165, 1.54) is 21.3 Å². The first kappa shape index (κ1) is 43.2. The minimum atomic E-state index is -1.59. The summed E-state index contributed by atoms with van der Waals surface area (Å²) < 4.78 is 16.1. The second-order valence-corrected chi connectivity index (χ2v) is 17.0. The molecule has 2 aromatic rings. The molecule has 22 heteroatoms. The van der Waals surface area contributed by atoms with Gasteiger partial charge in [0.15, 0.2) is 10.8 Å². The lowest BCUT2D eigenvalue weighted by Crippen LogP contribution is -2.70. The molecule has 2 fully saturated rings. The Morgan fingerprint density at radius 3 is 2.25 bits per heavy atom. The first-order valence-corrected chi connectivity index (χ1v) is 18.7. The molecule has 5 N–H and O–H groups in total. The van der Waals surface area contributed by atoms with Gasteiger partial charge in [-0.05, 0) is 68.7 Å². The first-order valence-electron chi connectivity index (χ1n) is 17.8. The predicted octanol–water partition coefficient (Wildman–Crippen LogP) is 2.75. The number of nitrogens with zero attached hydrogens (tertiary/aromatic N) is 6. The summed E-state index contributed by atoms with van der Waals surface area (Å²) in [7, 11) is 0. The Kier molecular flexibility index (Phi) is 13.2. The van der Waals surface area contributed by atoms with E-state index >= 15 is 0 Å². The van der Waals surface area contributed by atoms with Gasteiger partial charge in [-0.25, -0.2) is 24.2 Å². The fraction of sp³-hybridized carbons (Fsp3) is 0.647. The molecule has 0 unspecified atom stereocenters. The molecule has 1 saturated heterocycles. The molecule has 0 spiro atoms. The number of rotatable bonds is 15. The van der Waals surface area contributed by atoms with Crippen LogP contribution in [-0.4, -0.2) is 119 Å². The van der Waals surface area contributed by atoms with Crippen LogP contribution in [0.1, 0.15) is 93.0 Å². The number of alkyl carbamates (subject to hydrolysis) is 1. The van der Waals surface area contributed by atoms with Crippen molar-refractivity contribution in [3.63, 3.8) is 0 Å². The number of β-lactam (4-membered cyclic amide) rings is 1. The van der Waals surface area contributed by atoms with E-state index in [2.05, 4.69) is 41.6 Å². The van der Waals surface area contributed by atoms with Crippen molar-refractivity contribution in [1.82, 2.24) is 40.8 Å². The molecule has 21 nitrogen and oxygen atoms in total. The fourth-order valence-electron chi connectivity index (χ4n) is 4.80. The first-order chi connectivity index (χ1) is 25.9. The third-order valence-electron chi connectivity index (χ3n) is 7.50. The van der Waals surface area contributed by atoms with Crippen molar-refractivity contribution in [2.24, 2.45) is 5.16 Å². The maximum absolute atomic E-state index is 13.6. The van der Waals surface area contributed by atoms with Crippen LogP contribution < -0.4 is 21.3 Å². The minimum absolute atomic E-state index is 0.0224. The molecule has 0 bridgehead atoms. The molecule has 1 aliphatic heterocycles. The molecule has 1 aliphatic carbocycles. The van der Waals surface area contributed by atoms with E-state index in [1.54, 1.807) is 62.3 Å². The maximum Gasteiger partial charge on any atom is 0.413 e. The zero-order valence-electron chi connectivity index (χ0n) is 32.9. The third kappa shape index (κ3) is 13.0. The van der Waals surface area contributed by atoms with Crippen LogP contribution in [0.5, 0.6) is 0 Å². The number of anilines is 1. The van der Waals surface area contributed by atoms with Gasteiger partial charge in [-0.15, -0.1) is 11.3 Å². The van der Waals surface area contributed by atoms with Crippen molar-refractivity contribution in [2.45, 2.75) is 129 Å². The van der Waals surface area contributed by atoms with Crippen LogP contribution in [0.15, 0.2) is 16.7 Å². The Bertz CT molecular complexity index is 1820. The van der Waals surface area contributed by atoms with E-state index in [0.29, 0.717) is 12.1 Å². The summed E-state index contributed by atoms with van der Waals surface area (Å²) in [6.45, 7) is 16.0. The second-order valence-electron chi connectivity index (χ2n) is 16.1. The van der Waals surface area contributed by atoms with Crippen molar-refractivity contribution in [3.05, 3.63) is 23.0 Å². The molecule has 2 atom stereocenters. The van der Waals surface area contributed by atoms with Crippen LogP contribution in [0.25, 0.3) is 0 Å². The molecular weight excluding hydrogens is 756 g/mol. The summed E-state index contributed by atoms with van der Waals surface area (Å²) in [5, 5.41) is 34.0. The maximum atomic E-state index is 13.6. The number of nitrogens with one attached hydrogen (secondary N) is 4. The molecule has 1 saturated carbocycles. The van der Waals surface area contributed by atoms with Crippen molar-refractivity contribution < 1.29 is 52.9 Å². The van der Waals surface area contributed by atoms with Crippen molar-refractivity contribution >= 4 is 58.2 Å². The Labute approximate surface area is 327 Å². The van der Waals surface area contributed by atoms with Gasteiger partial charge in [-0.2, -0.15) is 15.0 Å². The summed E-state index contributed by atoms with van der Waals surface area (Å²) in [4.78, 5) is 87.6. The monoisotopic (exact) mass is 806 g/mol. The second kappa shape index (κ2) is 17.1. The van der Waals surface area contributed by atoms with Gasteiger partial charge in [0.1, 0.15) is 34.2 Å². The summed E-state index contributed by atoms with van der Waals surface area (Å²) in [5.41, 5.74) is -3.87. The van der Waals surface area contributed by atoms with Gasteiger partial charge in [0.2, 0.25) is 11.5 Å². The highest BCUT2D eigenvalue weighted by Crippen LogP contribution is 2.40. The molecule has 2 aromatic heterocycles. The molecule has 3 heterocycles. The average Bonchev–Trinajstić information content (AvgIpc) is 3.49. The lowest BCUT2D eigenvalue weighted by molar-refractivity contribution is -0.153. The summed E-state index contributed by atoms with van der Waals surface area (Å²) in [5.74, 6) is -2.66. The molecule has 0 radical (unpaired) electrons. The van der Waals surface area contributed by atoms with Crippen LogP contribution in [0, 0.1) is 0 Å². The summed E-state index contributed by atoms with van der Waals surface area (Å²) >= 11 is 0.956. The number of aromatic nitrogens is 4. The lowest BCUT2D eigenvalue weighted by Gasteiger charge is -2.36. The van der Waals surface area contributed by atoms with E-state index in [0.717, 1.165) is 11.3 Å². The Morgan fingerprint density at radius 2 is 1.66 bits per heavy atom. The van der Waals surface area contributed by atoms with Crippen molar-refractivity contribution in [2.75, 3.05) is 18.4 Å². The normalized spacial score (nSPS) is 17.7. The highest BCUT2D eigenvalue weighted by Gasteiger charge is 2.55. The molecule has 0 aromatic carbocycles. The third-order valence-corrected chi connectivity index (χ3v) is 8.25. The molecule has 5 amide bonds. The van der Waals surface area contributed by atoms with Gasteiger partial charge < -0.3 is 45.0 Å². The summed E-state index contributed by atoms with van der Waals surface area (Å²) in [6, 6.07) is -1.76. The van der Waals surface area contributed by atoms with Crippen LogP contribution in [0.4, 0.5) is 19.5 Å². The smallest absolute Gasteiger partial charge is 0.413 e. The number of aliphatic carboxylic acids is 1. The number of oxime groups is 1. The quantitative estimate of drug-likeness (QED) is 0.0570. The Hall–Kier alpha value is -5.54. The number of carbonyl (C=O) groups excluding carboxylic acids is 5. The largest absolute Gasteiger partial charge is 0.478 e. The zero-order valence-corrected chi connectivity index (χ0v) is 33.7. The number of amides is 5. The van der Waals surface area contributed by atoms with Gasteiger partial charge >= 0.3 is 24.2 Å². The fourth-order valence-corrected chi connectivity index (χ4v) is 5.48. The van der Waals surface area contributed by atoms with Gasteiger partial charge in [-0.3, -0.25) is 14.9 Å². The number of carbonyl (C=O) groups is 6. The summed E-state index contributed by atoms with van der Waals surface area (Å²) in [6.07, 6.45) is 0.241. The van der Waals surface area contributed by atoms with Crippen LogP contribution in [0.3, 0.4) is 0 Å². The zero-order chi connectivity index (χ0) is 41.6. The number of carboxylic acids is 1. The van der Waals surface area contributed by atoms with Gasteiger partial charge in [0.05, 0.1) is 25.3 Å². The van der Waals surface area contributed by atoms with Gasteiger partial charge in [0, 0.05) is 31.3 Å².